The van der Waals surface area contributed by atoms with E-state index in [0.717, 1.165) is 4.57 Å². The Kier molecular flexibility index (Phi) is 4.59. The minimum atomic E-state index is -0.512. The molecule has 0 spiro atoms. The van der Waals surface area contributed by atoms with E-state index in [9.17, 15) is 19.8 Å². The van der Waals surface area contributed by atoms with Crippen molar-refractivity contribution in [2.45, 2.75) is 6.54 Å². The number of para-hydroxylation sites is 1. The van der Waals surface area contributed by atoms with Crippen LogP contribution in [0.3, 0.4) is 0 Å². The number of imidazole rings is 1. The van der Waals surface area contributed by atoms with Crippen LogP contribution in [0.4, 0.5) is 5.95 Å². The molecule has 3 N–H and O–H groups in total. The average molecular weight is 358 g/mol. The van der Waals surface area contributed by atoms with Crippen molar-refractivity contribution in [2.24, 2.45) is 19.2 Å². The van der Waals surface area contributed by atoms with Crippen LogP contribution in [0.25, 0.3) is 11.2 Å². The fraction of sp³-hybridized carbons (Fsp3) is 0.250. The summed E-state index contributed by atoms with van der Waals surface area (Å²) in [6, 6.07) is 6.65. The molecule has 10 nitrogen and oxygen atoms in total. The number of aromatic nitrogens is 4. The number of phenols is 1. The van der Waals surface area contributed by atoms with Crippen LogP contribution in [0.15, 0.2) is 39.0 Å². The van der Waals surface area contributed by atoms with Crippen LogP contribution in [0.2, 0.25) is 0 Å². The highest BCUT2D eigenvalue weighted by Crippen LogP contribution is 2.16. The SMILES string of the molecule is Cn1c(=O)c2c(nc(N/N=C\c3ccccc3O)n2CCO)n(C)c1=O. The van der Waals surface area contributed by atoms with Gasteiger partial charge in [0, 0.05) is 26.2 Å². The van der Waals surface area contributed by atoms with Crippen molar-refractivity contribution >= 4 is 23.3 Å². The number of hydrogen-bond donors (Lipinski definition) is 3. The van der Waals surface area contributed by atoms with Gasteiger partial charge in [-0.25, -0.2) is 10.2 Å². The Morgan fingerprint density at radius 2 is 1.96 bits per heavy atom. The van der Waals surface area contributed by atoms with Crippen molar-refractivity contribution < 1.29 is 10.2 Å². The molecular formula is C16H18N6O4. The summed E-state index contributed by atoms with van der Waals surface area (Å²) >= 11 is 0. The first-order valence-electron chi connectivity index (χ1n) is 7.80. The molecule has 0 aliphatic heterocycles. The molecule has 26 heavy (non-hydrogen) atoms. The van der Waals surface area contributed by atoms with Crippen LogP contribution in [0, 0.1) is 0 Å². The minimum Gasteiger partial charge on any atom is -0.507 e. The van der Waals surface area contributed by atoms with Crippen molar-refractivity contribution in [1.29, 1.82) is 0 Å². The highest BCUT2D eigenvalue weighted by atomic mass is 16.3. The van der Waals surface area contributed by atoms with Gasteiger partial charge in [-0.2, -0.15) is 10.1 Å². The van der Waals surface area contributed by atoms with Gasteiger partial charge in [0.05, 0.1) is 12.8 Å². The number of hydrazone groups is 1. The lowest BCUT2D eigenvalue weighted by molar-refractivity contribution is 0.278. The fourth-order valence-electron chi connectivity index (χ4n) is 2.61. The number of aliphatic hydroxyl groups excluding tert-OH is 1. The Balaban J connectivity index is 2.08. The summed E-state index contributed by atoms with van der Waals surface area (Å²) in [4.78, 5) is 28.8. The van der Waals surface area contributed by atoms with E-state index in [-0.39, 0.29) is 36.0 Å². The van der Waals surface area contributed by atoms with E-state index in [4.69, 9.17) is 0 Å². The van der Waals surface area contributed by atoms with Crippen LogP contribution in [0.5, 0.6) is 5.75 Å². The van der Waals surface area contributed by atoms with Gasteiger partial charge in [0.25, 0.3) is 5.56 Å². The molecule has 0 saturated carbocycles. The van der Waals surface area contributed by atoms with Gasteiger partial charge in [-0.1, -0.05) is 12.1 Å². The molecule has 3 rings (SSSR count). The van der Waals surface area contributed by atoms with E-state index in [1.165, 1.54) is 35.5 Å². The maximum absolute atomic E-state index is 12.5. The molecule has 0 aliphatic carbocycles. The van der Waals surface area contributed by atoms with Gasteiger partial charge in [0.1, 0.15) is 5.75 Å². The molecule has 2 heterocycles. The summed E-state index contributed by atoms with van der Waals surface area (Å²) < 4.78 is 3.69. The third-order valence-corrected chi connectivity index (χ3v) is 3.98. The Morgan fingerprint density at radius 1 is 1.23 bits per heavy atom. The number of aromatic hydroxyl groups is 1. The number of phenolic OH excluding ortho intramolecular Hbond substituents is 1. The first-order chi connectivity index (χ1) is 12.5. The second kappa shape index (κ2) is 6.84. The molecule has 10 heteroatoms. The second-order valence-corrected chi connectivity index (χ2v) is 5.62. The Hall–Kier alpha value is -3.40. The van der Waals surface area contributed by atoms with Gasteiger partial charge in [0.15, 0.2) is 11.2 Å². The van der Waals surface area contributed by atoms with Crippen LogP contribution in [0.1, 0.15) is 5.56 Å². The first kappa shape index (κ1) is 17.4. The molecular weight excluding hydrogens is 340 g/mol. The maximum Gasteiger partial charge on any atom is 0.332 e. The number of fused-ring (bicyclic) bond motifs is 1. The first-order valence-corrected chi connectivity index (χ1v) is 7.80. The number of aliphatic hydroxyl groups is 1. The van der Waals surface area contributed by atoms with Crippen molar-refractivity contribution in [1.82, 2.24) is 18.7 Å². The molecule has 0 radical (unpaired) electrons. The molecule has 0 aliphatic rings. The maximum atomic E-state index is 12.5. The predicted octanol–water partition coefficient (Wildman–Crippen LogP) is -0.422. The Labute approximate surface area is 147 Å². The van der Waals surface area contributed by atoms with Crippen LogP contribution in [-0.4, -0.2) is 41.7 Å². The normalized spacial score (nSPS) is 11.5. The topological polar surface area (TPSA) is 127 Å². The molecule has 0 saturated heterocycles. The number of nitrogens with zero attached hydrogens (tertiary/aromatic N) is 5. The number of aryl methyl sites for hydroxylation is 1. The lowest BCUT2D eigenvalue weighted by Crippen LogP contribution is -2.37. The van der Waals surface area contributed by atoms with E-state index in [0.29, 0.717) is 5.56 Å². The van der Waals surface area contributed by atoms with Gasteiger partial charge < -0.3 is 14.8 Å². The van der Waals surface area contributed by atoms with Gasteiger partial charge >= 0.3 is 5.69 Å². The predicted molar refractivity (Wildman–Crippen MR) is 96.6 cm³/mol. The molecule has 0 bridgehead atoms. The standard InChI is InChI=1S/C16H18N6O4/c1-20-13-12(14(25)21(2)16(20)26)22(7-8-23)15(18-13)19-17-9-10-5-3-4-6-11(10)24/h3-6,9,23-24H,7-8H2,1-2H3,(H,18,19)/b17-9-. The molecule has 0 atom stereocenters. The zero-order chi connectivity index (χ0) is 18.8. The highest BCUT2D eigenvalue weighted by molar-refractivity contribution is 5.83. The molecule has 0 amide bonds. The van der Waals surface area contributed by atoms with Crippen molar-refractivity contribution in [3.8, 4) is 5.75 Å². The van der Waals surface area contributed by atoms with Crippen molar-refractivity contribution in [3.63, 3.8) is 0 Å². The van der Waals surface area contributed by atoms with E-state index >= 15 is 0 Å². The third kappa shape index (κ3) is 2.86. The number of hydrogen-bond acceptors (Lipinski definition) is 7. The molecule has 136 valence electrons. The zero-order valence-corrected chi connectivity index (χ0v) is 14.2. The van der Waals surface area contributed by atoms with Crippen molar-refractivity contribution in [2.75, 3.05) is 12.0 Å². The van der Waals surface area contributed by atoms with Gasteiger partial charge in [-0.3, -0.25) is 13.9 Å². The van der Waals surface area contributed by atoms with Gasteiger partial charge in [0.2, 0.25) is 5.95 Å². The minimum absolute atomic E-state index is 0.0678. The van der Waals surface area contributed by atoms with E-state index in [2.05, 4.69) is 15.5 Å². The largest absolute Gasteiger partial charge is 0.507 e. The van der Waals surface area contributed by atoms with E-state index in [1.54, 1.807) is 18.2 Å². The molecule has 0 unspecified atom stereocenters. The molecule has 0 fully saturated rings. The summed E-state index contributed by atoms with van der Waals surface area (Å²) in [7, 11) is 2.89. The molecule has 3 aromatic rings. The Bertz CT molecular complexity index is 1110. The summed E-state index contributed by atoms with van der Waals surface area (Å²) in [6.45, 7) is -0.131. The summed E-state index contributed by atoms with van der Waals surface area (Å²) in [5.41, 5.74) is 2.54. The number of anilines is 1. The molecule has 2 aromatic heterocycles. The van der Waals surface area contributed by atoms with Crippen LogP contribution < -0.4 is 16.7 Å². The van der Waals surface area contributed by atoms with Gasteiger partial charge in [-0.05, 0) is 12.1 Å². The number of rotatable bonds is 5. The molecule has 1 aromatic carbocycles. The summed E-state index contributed by atoms with van der Waals surface area (Å²) in [6.07, 6.45) is 1.40. The smallest absolute Gasteiger partial charge is 0.332 e. The fourth-order valence-corrected chi connectivity index (χ4v) is 2.61. The third-order valence-electron chi connectivity index (χ3n) is 3.98. The van der Waals surface area contributed by atoms with E-state index in [1.807, 2.05) is 0 Å². The lowest BCUT2D eigenvalue weighted by atomic mass is 10.2. The Morgan fingerprint density at radius 3 is 2.65 bits per heavy atom. The van der Waals surface area contributed by atoms with E-state index < -0.39 is 11.2 Å². The summed E-state index contributed by atoms with van der Waals surface area (Å²) in [5, 5.41) is 23.1. The lowest BCUT2D eigenvalue weighted by Gasteiger charge is -2.07. The average Bonchev–Trinajstić information content (AvgIpc) is 2.99. The highest BCUT2D eigenvalue weighted by Gasteiger charge is 2.18. The van der Waals surface area contributed by atoms with Gasteiger partial charge in [-0.15, -0.1) is 0 Å². The summed E-state index contributed by atoms with van der Waals surface area (Å²) in [5.74, 6) is 0.261. The monoisotopic (exact) mass is 358 g/mol. The number of nitrogens with one attached hydrogen (secondary N) is 1. The zero-order valence-electron chi connectivity index (χ0n) is 14.2. The number of benzene rings is 1. The van der Waals surface area contributed by atoms with Crippen LogP contribution >= 0.6 is 0 Å². The van der Waals surface area contributed by atoms with Crippen LogP contribution in [-0.2, 0) is 20.6 Å². The van der Waals surface area contributed by atoms with Crippen molar-refractivity contribution in [3.05, 3.63) is 50.7 Å². The quantitative estimate of drug-likeness (QED) is 0.420. The second-order valence-electron chi connectivity index (χ2n) is 5.62.